The predicted molar refractivity (Wildman–Crippen MR) is 45.1 cm³/mol. The van der Waals surface area contributed by atoms with E-state index in [1.165, 1.54) is 0 Å². The molecule has 1 aromatic rings. The zero-order valence-corrected chi connectivity index (χ0v) is 6.58. The molecular weight excluding hydrogens is 140 g/mol. The molecule has 0 aliphatic carbocycles. The fourth-order valence-corrected chi connectivity index (χ4v) is 0.696. The topological polar surface area (TPSA) is 37.5 Å². The molecule has 11 heavy (non-hydrogen) atoms. The van der Waals surface area contributed by atoms with Crippen molar-refractivity contribution in [3.05, 3.63) is 24.2 Å². The first kappa shape index (κ1) is 8.01. The van der Waals surface area contributed by atoms with E-state index in [0.717, 1.165) is 18.8 Å². The first-order chi connectivity index (χ1) is 5.43. The summed E-state index contributed by atoms with van der Waals surface area (Å²) in [4.78, 5) is 4.12. The average molecular weight is 152 g/mol. The molecule has 0 saturated heterocycles. The van der Waals surface area contributed by atoms with Crippen molar-refractivity contribution in [3.8, 4) is 0 Å². The summed E-state index contributed by atoms with van der Waals surface area (Å²) >= 11 is 0. The van der Waals surface area contributed by atoms with E-state index in [1.807, 2.05) is 19.2 Å². The molecule has 0 spiro atoms. The van der Waals surface area contributed by atoms with Crippen LogP contribution in [0.5, 0.6) is 0 Å². The van der Waals surface area contributed by atoms with E-state index in [4.69, 9.17) is 4.42 Å². The number of nitrogens with zero attached hydrogens (tertiary/aromatic N) is 1. The van der Waals surface area contributed by atoms with Crippen molar-refractivity contribution in [2.45, 2.75) is 0 Å². The number of likely N-dealkylation sites (N-methyl/N-ethyl adjacent to an activating group) is 1. The van der Waals surface area contributed by atoms with Crippen LogP contribution in [0.15, 0.2) is 27.8 Å². The van der Waals surface area contributed by atoms with Gasteiger partial charge in [-0.3, -0.25) is 4.99 Å². The lowest BCUT2D eigenvalue weighted by atomic mass is 10.5. The first-order valence-corrected chi connectivity index (χ1v) is 3.61. The molecule has 0 aliphatic heterocycles. The van der Waals surface area contributed by atoms with Gasteiger partial charge in [-0.25, -0.2) is 0 Å². The van der Waals surface area contributed by atoms with E-state index in [1.54, 1.807) is 12.5 Å². The van der Waals surface area contributed by atoms with Crippen molar-refractivity contribution >= 4 is 6.21 Å². The number of rotatable bonds is 4. The fraction of sp³-hybridized carbons (Fsp3) is 0.375. The predicted octanol–water partition coefficient (Wildman–Crippen LogP) is 0.918. The van der Waals surface area contributed by atoms with Crippen molar-refractivity contribution in [3.63, 3.8) is 0 Å². The molecule has 3 heteroatoms. The van der Waals surface area contributed by atoms with E-state index in [2.05, 4.69) is 10.3 Å². The van der Waals surface area contributed by atoms with E-state index in [9.17, 15) is 0 Å². The van der Waals surface area contributed by atoms with Gasteiger partial charge in [-0.1, -0.05) is 0 Å². The van der Waals surface area contributed by atoms with Gasteiger partial charge in [-0.15, -0.1) is 0 Å². The third-order valence-electron chi connectivity index (χ3n) is 1.25. The second kappa shape index (κ2) is 4.68. The Morgan fingerprint density at radius 2 is 2.64 bits per heavy atom. The SMILES string of the molecule is CNCCN=Cc1ccco1. The summed E-state index contributed by atoms with van der Waals surface area (Å²) in [5.74, 6) is 0.807. The van der Waals surface area contributed by atoms with Gasteiger partial charge < -0.3 is 9.73 Å². The van der Waals surface area contributed by atoms with Crippen molar-refractivity contribution < 1.29 is 4.42 Å². The maximum atomic E-state index is 5.04. The van der Waals surface area contributed by atoms with Crippen molar-refractivity contribution in [1.82, 2.24) is 5.32 Å². The van der Waals surface area contributed by atoms with Gasteiger partial charge in [-0.05, 0) is 19.2 Å². The Labute approximate surface area is 66.1 Å². The van der Waals surface area contributed by atoms with Crippen molar-refractivity contribution in [1.29, 1.82) is 0 Å². The molecule has 0 aromatic carbocycles. The van der Waals surface area contributed by atoms with Crippen LogP contribution in [0.2, 0.25) is 0 Å². The zero-order chi connectivity index (χ0) is 7.94. The summed E-state index contributed by atoms with van der Waals surface area (Å²) in [5.41, 5.74) is 0. The molecule has 0 amide bonds. The van der Waals surface area contributed by atoms with Crippen LogP contribution in [0.1, 0.15) is 5.76 Å². The van der Waals surface area contributed by atoms with Crippen LogP contribution in [0.3, 0.4) is 0 Å². The van der Waals surface area contributed by atoms with E-state index < -0.39 is 0 Å². The standard InChI is InChI=1S/C8H12N2O/c1-9-4-5-10-7-8-3-2-6-11-8/h2-3,6-7,9H,4-5H2,1H3. The maximum absolute atomic E-state index is 5.04. The molecule has 1 heterocycles. The highest BCUT2D eigenvalue weighted by Crippen LogP contribution is 1.94. The summed E-state index contributed by atoms with van der Waals surface area (Å²) in [7, 11) is 1.91. The number of hydrogen-bond donors (Lipinski definition) is 1. The number of hydrogen-bond acceptors (Lipinski definition) is 3. The summed E-state index contributed by atoms with van der Waals surface area (Å²) in [6.45, 7) is 1.69. The fourth-order valence-electron chi connectivity index (χ4n) is 0.696. The van der Waals surface area contributed by atoms with E-state index in [-0.39, 0.29) is 0 Å². The summed E-state index contributed by atoms with van der Waals surface area (Å²) in [5, 5.41) is 3.00. The Hall–Kier alpha value is -1.09. The minimum atomic E-state index is 0.789. The summed E-state index contributed by atoms with van der Waals surface area (Å²) in [6, 6.07) is 3.72. The van der Waals surface area contributed by atoms with Crippen LogP contribution < -0.4 is 5.32 Å². The molecule has 1 N–H and O–H groups in total. The molecule has 0 radical (unpaired) electrons. The third kappa shape index (κ3) is 3.00. The van der Waals surface area contributed by atoms with Crippen LogP contribution >= 0.6 is 0 Å². The molecule has 0 unspecified atom stereocenters. The van der Waals surface area contributed by atoms with Gasteiger partial charge in [0.15, 0.2) is 0 Å². The largest absolute Gasteiger partial charge is 0.463 e. The van der Waals surface area contributed by atoms with Crippen molar-refractivity contribution in [2.24, 2.45) is 4.99 Å². The summed E-state index contributed by atoms with van der Waals surface area (Å²) in [6.07, 6.45) is 3.37. The minimum Gasteiger partial charge on any atom is -0.463 e. The lowest BCUT2D eigenvalue weighted by Gasteiger charge is -1.89. The Kier molecular flexibility index (Phi) is 3.41. The van der Waals surface area contributed by atoms with Gasteiger partial charge in [0.2, 0.25) is 0 Å². The second-order valence-electron chi connectivity index (χ2n) is 2.15. The number of aliphatic imine (C=N–C) groups is 1. The Morgan fingerprint density at radius 1 is 1.73 bits per heavy atom. The van der Waals surface area contributed by atoms with E-state index >= 15 is 0 Å². The number of nitrogens with one attached hydrogen (secondary N) is 1. The highest BCUT2D eigenvalue weighted by molar-refractivity contribution is 5.75. The van der Waals surface area contributed by atoms with Crippen LogP contribution in [0, 0.1) is 0 Å². The second-order valence-corrected chi connectivity index (χ2v) is 2.15. The quantitative estimate of drug-likeness (QED) is 0.514. The van der Waals surface area contributed by atoms with Crippen LogP contribution in [-0.2, 0) is 0 Å². The van der Waals surface area contributed by atoms with Crippen LogP contribution in [0.4, 0.5) is 0 Å². The van der Waals surface area contributed by atoms with Gasteiger partial charge >= 0.3 is 0 Å². The molecule has 3 nitrogen and oxygen atoms in total. The molecule has 0 atom stereocenters. The third-order valence-corrected chi connectivity index (χ3v) is 1.25. The molecule has 0 fully saturated rings. The lowest BCUT2D eigenvalue weighted by Crippen LogP contribution is -2.10. The molecule has 1 rings (SSSR count). The maximum Gasteiger partial charge on any atom is 0.144 e. The molecule has 60 valence electrons. The minimum absolute atomic E-state index is 0.789. The van der Waals surface area contributed by atoms with Gasteiger partial charge in [0.25, 0.3) is 0 Å². The van der Waals surface area contributed by atoms with Gasteiger partial charge in [-0.2, -0.15) is 0 Å². The van der Waals surface area contributed by atoms with Gasteiger partial charge in [0.1, 0.15) is 5.76 Å². The molecule has 0 saturated carbocycles. The van der Waals surface area contributed by atoms with Crippen LogP contribution in [0.25, 0.3) is 0 Å². The monoisotopic (exact) mass is 152 g/mol. The van der Waals surface area contributed by atoms with Crippen molar-refractivity contribution in [2.75, 3.05) is 20.1 Å². The molecule has 0 bridgehead atoms. The van der Waals surface area contributed by atoms with Crippen LogP contribution in [-0.4, -0.2) is 26.4 Å². The lowest BCUT2D eigenvalue weighted by molar-refractivity contribution is 0.560. The average Bonchev–Trinajstić information content (AvgIpc) is 2.50. The molecule has 0 aliphatic rings. The zero-order valence-electron chi connectivity index (χ0n) is 6.58. The van der Waals surface area contributed by atoms with E-state index in [0.29, 0.717) is 0 Å². The van der Waals surface area contributed by atoms with Gasteiger partial charge in [0, 0.05) is 6.54 Å². The van der Waals surface area contributed by atoms with Gasteiger partial charge in [0.05, 0.1) is 19.0 Å². The smallest absolute Gasteiger partial charge is 0.144 e. The molecular formula is C8H12N2O. The Bertz CT molecular complexity index is 204. The highest BCUT2D eigenvalue weighted by Gasteiger charge is 1.85. The normalized spacial score (nSPS) is 11.0. The highest BCUT2D eigenvalue weighted by atomic mass is 16.3. The summed E-state index contributed by atoms with van der Waals surface area (Å²) < 4.78 is 5.04. The Morgan fingerprint density at radius 3 is 3.27 bits per heavy atom. The first-order valence-electron chi connectivity index (χ1n) is 3.61. The Balaban J connectivity index is 2.25. The molecule has 1 aromatic heterocycles. The number of furan rings is 1.